The minimum Gasteiger partial charge on any atom is -0.465 e. The van der Waals surface area contributed by atoms with Crippen LogP contribution >= 0.6 is 0 Å². The molecule has 2 saturated heterocycles. The molecule has 2 aliphatic rings. The van der Waals surface area contributed by atoms with Crippen LogP contribution in [-0.4, -0.2) is 25.7 Å². The Labute approximate surface area is 53.4 Å². The van der Waals surface area contributed by atoms with Gasteiger partial charge in [0.1, 0.15) is 0 Å². The lowest BCUT2D eigenvalue weighted by Crippen LogP contribution is -2.15. The lowest BCUT2D eigenvalue weighted by Gasteiger charge is -1.96. The molecule has 2 heterocycles. The molecule has 3 heteroatoms. The quantitative estimate of drug-likeness (QED) is 0.441. The summed E-state index contributed by atoms with van der Waals surface area (Å²) in [4.78, 5) is 10.8. The molecule has 0 aromatic heterocycles. The lowest BCUT2D eigenvalue weighted by molar-refractivity contribution is -0.141. The zero-order valence-corrected chi connectivity index (χ0v) is 5.09. The monoisotopic (exact) mass is 127 g/mol. The van der Waals surface area contributed by atoms with E-state index in [9.17, 15) is 4.79 Å². The Morgan fingerprint density at radius 1 is 1.56 bits per heavy atom. The number of carbonyl (C=O) groups is 1. The molecular formula is C6H9NO2. The van der Waals surface area contributed by atoms with Gasteiger partial charge in [-0.05, 0) is 0 Å². The summed E-state index contributed by atoms with van der Waals surface area (Å²) < 4.78 is 4.84. The highest BCUT2D eigenvalue weighted by Crippen LogP contribution is 2.24. The maximum absolute atomic E-state index is 10.8. The second kappa shape index (κ2) is 1.70. The maximum Gasteiger partial charge on any atom is 0.310 e. The number of nitrogens with one attached hydrogen (secondary N) is 1. The maximum atomic E-state index is 10.8. The summed E-state index contributed by atoms with van der Waals surface area (Å²) in [7, 11) is 0. The first-order chi connectivity index (χ1) is 4.38. The standard InChI is InChI=1S/C6H9NO2/c8-6-5-2-7-1-4(5)3-9-6/h4-5,7H,1-3H2/t4-,5-/m0/s1. The highest BCUT2D eigenvalue weighted by molar-refractivity contribution is 5.75. The Morgan fingerprint density at radius 2 is 2.44 bits per heavy atom. The molecule has 1 N–H and O–H groups in total. The Bertz CT molecular complexity index is 146. The fraction of sp³-hybridized carbons (Fsp3) is 0.833. The average Bonchev–Trinajstić information content (AvgIpc) is 2.35. The van der Waals surface area contributed by atoms with Gasteiger partial charge in [0.2, 0.25) is 0 Å². The summed E-state index contributed by atoms with van der Waals surface area (Å²) in [5.74, 6) is 0.632. The summed E-state index contributed by atoms with van der Waals surface area (Å²) in [6.07, 6.45) is 0. The van der Waals surface area contributed by atoms with Crippen molar-refractivity contribution in [2.24, 2.45) is 11.8 Å². The van der Waals surface area contributed by atoms with Crippen LogP contribution in [0.4, 0.5) is 0 Å². The summed E-state index contributed by atoms with van der Waals surface area (Å²) in [5, 5.41) is 3.15. The van der Waals surface area contributed by atoms with Crippen molar-refractivity contribution in [3.8, 4) is 0 Å². The van der Waals surface area contributed by atoms with Crippen LogP contribution < -0.4 is 5.32 Å². The predicted molar refractivity (Wildman–Crippen MR) is 30.8 cm³/mol. The number of hydrogen-bond acceptors (Lipinski definition) is 3. The van der Waals surface area contributed by atoms with Crippen LogP contribution in [0.2, 0.25) is 0 Å². The number of hydrogen-bond donors (Lipinski definition) is 1. The summed E-state index contributed by atoms with van der Waals surface area (Å²) in [6, 6.07) is 0. The molecule has 0 saturated carbocycles. The third-order valence-corrected chi connectivity index (χ3v) is 2.08. The van der Waals surface area contributed by atoms with E-state index >= 15 is 0 Å². The minimum absolute atomic E-state index is 0.00926. The third-order valence-electron chi connectivity index (χ3n) is 2.08. The number of carbonyl (C=O) groups excluding carboxylic acids is 1. The summed E-state index contributed by atoms with van der Waals surface area (Å²) >= 11 is 0. The van der Waals surface area contributed by atoms with Crippen molar-refractivity contribution < 1.29 is 9.53 Å². The lowest BCUT2D eigenvalue weighted by atomic mass is 10.0. The van der Waals surface area contributed by atoms with E-state index < -0.39 is 0 Å². The zero-order valence-electron chi connectivity index (χ0n) is 5.09. The minimum atomic E-state index is -0.00926. The topological polar surface area (TPSA) is 38.3 Å². The fourth-order valence-electron chi connectivity index (χ4n) is 1.48. The van der Waals surface area contributed by atoms with Crippen molar-refractivity contribution in [3.05, 3.63) is 0 Å². The van der Waals surface area contributed by atoms with Crippen molar-refractivity contribution in [1.82, 2.24) is 5.32 Å². The van der Waals surface area contributed by atoms with Crippen LogP contribution in [0.15, 0.2) is 0 Å². The fourth-order valence-corrected chi connectivity index (χ4v) is 1.48. The third kappa shape index (κ3) is 0.645. The van der Waals surface area contributed by atoms with Crippen molar-refractivity contribution in [1.29, 1.82) is 0 Å². The molecular weight excluding hydrogens is 118 g/mol. The molecule has 3 nitrogen and oxygen atoms in total. The van der Waals surface area contributed by atoms with Gasteiger partial charge >= 0.3 is 5.97 Å². The van der Waals surface area contributed by atoms with Crippen LogP contribution in [0.1, 0.15) is 0 Å². The van der Waals surface area contributed by atoms with Gasteiger partial charge in [-0.2, -0.15) is 0 Å². The highest BCUT2D eigenvalue weighted by Gasteiger charge is 2.39. The Morgan fingerprint density at radius 3 is 3.22 bits per heavy atom. The Balaban J connectivity index is 2.15. The van der Waals surface area contributed by atoms with Crippen LogP contribution in [-0.2, 0) is 9.53 Å². The van der Waals surface area contributed by atoms with E-state index in [1.165, 1.54) is 0 Å². The zero-order chi connectivity index (χ0) is 6.27. The van der Waals surface area contributed by atoms with E-state index in [1.54, 1.807) is 0 Å². The van der Waals surface area contributed by atoms with E-state index in [2.05, 4.69) is 5.32 Å². The van der Waals surface area contributed by atoms with Gasteiger partial charge in [-0.3, -0.25) is 4.79 Å². The molecule has 9 heavy (non-hydrogen) atoms. The van der Waals surface area contributed by atoms with Crippen molar-refractivity contribution >= 4 is 5.97 Å². The van der Waals surface area contributed by atoms with Crippen LogP contribution in [0.3, 0.4) is 0 Å². The molecule has 2 atom stereocenters. The highest BCUT2D eigenvalue weighted by atomic mass is 16.5. The first-order valence-corrected chi connectivity index (χ1v) is 3.25. The van der Waals surface area contributed by atoms with Gasteiger partial charge in [0.15, 0.2) is 0 Å². The van der Waals surface area contributed by atoms with Gasteiger partial charge < -0.3 is 10.1 Å². The van der Waals surface area contributed by atoms with E-state index in [0.29, 0.717) is 12.5 Å². The first-order valence-electron chi connectivity index (χ1n) is 3.25. The summed E-state index contributed by atoms with van der Waals surface area (Å²) in [6.45, 7) is 2.41. The molecule has 2 aliphatic heterocycles. The average molecular weight is 127 g/mol. The molecule has 0 bridgehead atoms. The van der Waals surface area contributed by atoms with Gasteiger partial charge in [0, 0.05) is 19.0 Å². The number of cyclic esters (lactones) is 1. The van der Waals surface area contributed by atoms with E-state index in [4.69, 9.17) is 4.74 Å². The Kier molecular flexibility index (Phi) is 0.990. The van der Waals surface area contributed by atoms with Crippen molar-refractivity contribution in [2.45, 2.75) is 0 Å². The van der Waals surface area contributed by atoms with E-state index in [1.807, 2.05) is 0 Å². The normalized spacial score (nSPS) is 40.7. The molecule has 2 rings (SSSR count). The van der Waals surface area contributed by atoms with Crippen molar-refractivity contribution in [3.63, 3.8) is 0 Å². The van der Waals surface area contributed by atoms with Gasteiger partial charge in [-0.15, -0.1) is 0 Å². The SMILES string of the molecule is O=C1OC[C@@H]2CNC[C@H]12. The second-order valence-corrected chi connectivity index (χ2v) is 2.65. The van der Waals surface area contributed by atoms with Crippen LogP contribution in [0.5, 0.6) is 0 Å². The molecule has 0 spiro atoms. The van der Waals surface area contributed by atoms with E-state index in [-0.39, 0.29) is 11.9 Å². The van der Waals surface area contributed by atoms with Crippen LogP contribution in [0, 0.1) is 11.8 Å². The number of rotatable bonds is 0. The smallest absolute Gasteiger partial charge is 0.310 e. The second-order valence-electron chi connectivity index (χ2n) is 2.65. The van der Waals surface area contributed by atoms with Crippen molar-refractivity contribution in [2.75, 3.05) is 19.7 Å². The number of esters is 1. The molecule has 0 unspecified atom stereocenters. The molecule has 0 aromatic carbocycles. The predicted octanol–water partition coefficient (Wildman–Crippen LogP) is -0.621. The first kappa shape index (κ1) is 5.23. The van der Waals surface area contributed by atoms with Gasteiger partial charge in [0.05, 0.1) is 12.5 Å². The summed E-state index contributed by atoms with van der Waals surface area (Å²) in [5.41, 5.74) is 0. The molecule has 0 aliphatic carbocycles. The molecule has 2 fully saturated rings. The number of fused-ring (bicyclic) bond motifs is 1. The van der Waals surface area contributed by atoms with Gasteiger partial charge in [-0.1, -0.05) is 0 Å². The Hall–Kier alpha value is -0.570. The largest absolute Gasteiger partial charge is 0.465 e. The van der Waals surface area contributed by atoms with Gasteiger partial charge in [0.25, 0.3) is 0 Å². The molecule has 50 valence electrons. The van der Waals surface area contributed by atoms with E-state index in [0.717, 1.165) is 13.1 Å². The number of ether oxygens (including phenoxy) is 1. The molecule has 0 aromatic rings. The molecule has 0 amide bonds. The van der Waals surface area contributed by atoms with Gasteiger partial charge in [-0.25, -0.2) is 0 Å². The van der Waals surface area contributed by atoms with Crippen LogP contribution in [0.25, 0.3) is 0 Å². The molecule has 0 radical (unpaired) electrons.